The molecule has 2 heterocycles. The third kappa shape index (κ3) is 3.56. The Labute approximate surface area is 141 Å². The van der Waals surface area contributed by atoms with Crippen LogP contribution in [0.1, 0.15) is 31.6 Å². The maximum atomic E-state index is 12.8. The number of para-hydroxylation sites is 1. The van der Waals surface area contributed by atoms with Gasteiger partial charge in [-0.3, -0.25) is 4.79 Å². The van der Waals surface area contributed by atoms with Gasteiger partial charge in [-0.25, -0.2) is 0 Å². The van der Waals surface area contributed by atoms with Crippen LogP contribution >= 0.6 is 0 Å². The lowest BCUT2D eigenvalue weighted by atomic mass is 10.1. The summed E-state index contributed by atoms with van der Waals surface area (Å²) in [5.41, 5.74) is 1.05. The minimum absolute atomic E-state index is 0.0465. The lowest BCUT2D eigenvalue weighted by Gasteiger charge is -2.37. The molecule has 0 spiro atoms. The first-order valence-electron chi connectivity index (χ1n) is 8.34. The van der Waals surface area contributed by atoms with Crippen LogP contribution in [0.4, 0.5) is 5.69 Å². The Bertz CT molecular complexity index is 673. The molecule has 7 heteroatoms. The summed E-state index contributed by atoms with van der Waals surface area (Å²) in [6.45, 7) is 6.07. The monoisotopic (exact) mass is 329 g/mol. The fraction of sp³-hybridized carbons (Fsp3) is 0.471. The topological polar surface area (TPSA) is 83.3 Å². The molecular formula is C17H23N5O2. The molecule has 1 aromatic heterocycles. The van der Waals surface area contributed by atoms with Gasteiger partial charge in [0.2, 0.25) is 11.8 Å². The Morgan fingerprint density at radius 3 is 2.96 bits per heavy atom. The van der Waals surface area contributed by atoms with Crippen molar-refractivity contribution in [2.24, 2.45) is 0 Å². The Balaban J connectivity index is 1.70. The van der Waals surface area contributed by atoms with Crippen LogP contribution < -0.4 is 15.5 Å². The van der Waals surface area contributed by atoms with Gasteiger partial charge in [0.05, 0.1) is 0 Å². The molecule has 1 aliphatic rings. The minimum atomic E-state index is -0.315. The third-order valence-corrected chi connectivity index (χ3v) is 4.16. The van der Waals surface area contributed by atoms with Gasteiger partial charge in [-0.1, -0.05) is 30.3 Å². The van der Waals surface area contributed by atoms with E-state index in [-0.39, 0.29) is 18.0 Å². The second kappa shape index (κ2) is 7.44. The maximum absolute atomic E-state index is 12.8. The van der Waals surface area contributed by atoms with Crippen LogP contribution in [0.5, 0.6) is 0 Å². The minimum Gasteiger partial charge on any atom is -0.357 e. The number of carbonyl (C=O) groups is 1. The largest absolute Gasteiger partial charge is 0.357 e. The van der Waals surface area contributed by atoms with Crippen molar-refractivity contribution in [3.8, 4) is 0 Å². The molecule has 1 saturated heterocycles. The average Bonchev–Trinajstić information content (AvgIpc) is 3.12. The molecule has 0 aliphatic carbocycles. The molecule has 1 aliphatic heterocycles. The fourth-order valence-corrected chi connectivity index (χ4v) is 2.83. The van der Waals surface area contributed by atoms with E-state index in [1.807, 2.05) is 44.2 Å². The predicted molar refractivity (Wildman–Crippen MR) is 90.7 cm³/mol. The van der Waals surface area contributed by atoms with E-state index in [4.69, 9.17) is 4.52 Å². The Morgan fingerprint density at radius 2 is 2.25 bits per heavy atom. The van der Waals surface area contributed by atoms with Gasteiger partial charge in [0.15, 0.2) is 5.82 Å². The zero-order valence-corrected chi connectivity index (χ0v) is 14.0. The summed E-state index contributed by atoms with van der Waals surface area (Å²) in [6, 6.07) is 9.42. The van der Waals surface area contributed by atoms with Crippen molar-refractivity contribution in [2.75, 3.05) is 24.5 Å². The quantitative estimate of drug-likeness (QED) is 0.860. The molecule has 2 unspecified atom stereocenters. The van der Waals surface area contributed by atoms with E-state index >= 15 is 0 Å². The molecule has 1 amide bonds. The second-order valence-corrected chi connectivity index (χ2v) is 5.88. The first-order valence-corrected chi connectivity index (χ1v) is 8.34. The number of aryl methyl sites for hydroxylation is 1. The van der Waals surface area contributed by atoms with Gasteiger partial charge in [-0.15, -0.1) is 0 Å². The Morgan fingerprint density at radius 1 is 1.46 bits per heavy atom. The van der Waals surface area contributed by atoms with Crippen molar-refractivity contribution in [2.45, 2.75) is 32.4 Å². The zero-order valence-electron chi connectivity index (χ0n) is 14.0. The normalized spacial score (nSPS) is 19.1. The van der Waals surface area contributed by atoms with E-state index < -0.39 is 0 Å². The number of hydrogen-bond acceptors (Lipinski definition) is 6. The van der Waals surface area contributed by atoms with Crippen LogP contribution in [0, 0.1) is 0 Å². The highest BCUT2D eigenvalue weighted by atomic mass is 16.5. The van der Waals surface area contributed by atoms with Gasteiger partial charge < -0.3 is 20.1 Å². The molecular weight excluding hydrogens is 306 g/mol. The standard InChI is InChI=1S/C17H23N5O2/c1-3-15-20-17(24-21-15)12(2)19-16(23)14-11-18-9-10-22(14)13-7-5-4-6-8-13/h4-8,12,14,18H,3,9-11H2,1-2H3,(H,19,23). The first kappa shape index (κ1) is 16.4. The van der Waals surface area contributed by atoms with Gasteiger partial charge in [-0.05, 0) is 19.1 Å². The van der Waals surface area contributed by atoms with Crippen molar-refractivity contribution in [1.29, 1.82) is 0 Å². The summed E-state index contributed by atoms with van der Waals surface area (Å²) in [5, 5.41) is 10.2. The first-order chi connectivity index (χ1) is 11.7. The lowest BCUT2D eigenvalue weighted by molar-refractivity contribution is -0.123. The van der Waals surface area contributed by atoms with Crippen molar-refractivity contribution in [3.63, 3.8) is 0 Å². The molecule has 0 radical (unpaired) electrons. The number of rotatable bonds is 5. The number of carbonyl (C=O) groups excluding carboxylic acids is 1. The molecule has 24 heavy (non-hydrogen) atoms. The third-order valence-electron chi connectivity index (χ3n) is 4.16. The number of anilines is 1. The number of hydrogen-bond donors (Lipinski definition) is 2. The van der Waals surface area contributed by atoms with E-state index in [2.05, 4.69) is 25.7 Å². The van der Waals surface area contributed by atoms with Crippen LogP contribution in [0.15, 0.2) is 34.9 Å². The Hall–Kier alpha value is -2.41. The molecule has 1 aromatic carbocycles. The Kier molecular flexibility index (Phi) is 5.10. The summed E-state index contributed by atoms with van der Waals surface area (Å²) >= 11 is 0. The number of piperazine rings is 1. The van der Waals surface area contributed by atoms with Crippen molar-refractivity contribution in [3.05, 3.63) is 42.0 Å². The highest BCUT2D eigenvalue weighted by molar-refractivity contribution is 5.86. The van der Waals surface area contributed by atoms with Crippen LogP contribution in [-0.2, 0) is 11.2 Å². The molecule has 2 aromatic rings. The molecule has 7 nitrogen and oxygen atoms in total. The zero-order chi connectivity index (χ0) is 16.9. The molecule has 1 fully saturated rings. The number of nitrogens with one attached hydrogen (secondary N) is 2. The molecule has 2 N–H and O–H groups in total. The van der Waals surface area contributed by atoms with Crippen molar-refractivity contribution >= 4 is 11.6 Å². The summed E-state index contributed by atoms with van der Waals surface area (Å²) in [7, 11) is 0. The summed E-state index contributed by atoms with van der Waals surface area (Å²) in [5.74, 6) is 1.04. The average molecular weight is 329 g/mol. The molecule has 0 saturated carbocycles. The summed E-state index contributed by atoms with van der Waals surface area (Å²) in [4.78, 5) is 19.2. The van der Waals surface area contributed by atoms with Crippen LogP contribution in [-0.4, -0.2) is 41.7 Å². The number of aromatic nitrogens is 2. The van der Waals surface area contributed by atoms with Gasteiger partial charge in [0.25, 0.3) is 0 Å². The van der Waals surface area contributed by atoms with Crippen molar-refractivity contribution < 1.29 is 9.32 Å². The van der Waals surface area contributed by atoms with Gasteiger partial charge >= 0.3 is 0 Å². The van der Waals surface area contributed by atoms with E-state index in [1.165, 1.54) is 0 Å². The summed E-state index contributed by atoms with van der Waals surface area (Å²) < 4.78 is 5.21. The number of benzene rings is 1. The van der Waals surface area contributed by atoms with Gasteiger partial charge in [0.1, 0.15) is 12.1 Å². The fourth-order valence-electron chi connectivity index (χ4n) is 2.83. The lowest BCUT2D eigenvalue weighted by Crippen LogP contribution is -2.58. The molecule has 2 atom stereocenters. The molecule has 128 valence electrons. The smallest absolute Gasteiger partial charge is 0.248 e. The van der Waals surface area contributed by atoms with Crippen molar-refractivity contribution in [1.82, 2.24) is 20.8 Å². The van der Waals surface area contributed by atoms with E-state index in [1.54, 1.807) is 0 Å². The van der Waals surface area contributed by atoms with Gasteiger partial charge in [-0.2, -0.15) is 4.98 Å². The maximum Gasteiger partial charge on any atom is 0.248 e. The predicted octanol–water partition coefficient (Wildman–Crippen LogP) is 1.29. The van der Waals surface area contributed by atoms with E-state index in [9.17, 15) is 4.79 Å². The molecule has 3 rings (SSSR count). The molecule has 0 bridgehead atoms. The van der Waals surface area contributed by atoms with Crippen LogP contribution in [0.3, 0.4) is 0 Å². The number of nitrogens with zero attached hydrogens (tertiary/aromatic N) is 3. The number of amides is 1. The summed E-state index contributed by atoms with van der Waals surface area (Å²) in [6.07, 6.45) is 0.707. The highest BCUT2D eigenvalue weighted by Gasteiger charge is 2.30. The van der Waals surface area contributed by atoms with E-state index in [0.717, 1.165) is 18.8 Å². The van der Waals surface area contributed by atoms with Crippen LogP contribution in [0.25, 0.3) is 0 Å². The van der Waals surface area contributed by atoms with E-state index in [0.29, 0.717) is 24.7 Å². The van der Waals surface area contributed by atoms with Crippen LogP contribution in [0.2, 0.25) is 0 Å². The SMILES string of the molecule is CCc1noc(C(C)NC(=O)C2CNCCN2c2ccccc2)n1. The second-order valence-electron chi connectivity index (χ2n) is 5.88. The highest BCUT2D eigenvalue weighted by Crippen LogP contribution is 2.19. The van der Waals surface area contributed by atoms with Gasteiger partial charge in [0, 0.05) is 31.7 Å².